The molecule has 0 saturated carbocycles. The van der Waals surface area contributed by atoms with Gasteiger partial charge in [-0.15, -0.1) is 0 Å². The van der Waals surface area contributed by atoms with Gasteiger partial charge in [-0.05, 0) is 30.5 Å². The Balaban J connectivity index is 2.82. The smallest absolute Gasteiger partial charge is 0.146 e. The Kier molecular flexibility index (Phi) is 4.09. The third kappa shape index (κ3) is 3.20. The molecule has 1 rings (SSSR count). The third-order valence-corrected chi connectivity index (χ3v) is 2.52. The van der Waals surface area contributed by atoms with E-state index in [4.69, 9.17) is 5.73 Å². The summed E-state index contributed by atoms with van der Waals surface area (Å²) in [6.45, 7) is 2.04. The number of anilines is 1. The first-order valence-corrected chi connectivity index (χ1v) is 5.26. The van der Waals surface area contributed by atoms with Crippen LogP contribution >= 0.6 is 0 Å². The molecule has 0 bridgehead atoms. The molecule has 0 fully saturated rings. The van der Waals surface area contributed by atoms with Gasteiger partial charge in [0.25, 0.3) is 0 Å². The summed E-state index contributed by atoms with van der Waals surface area (Å²) in [7, 11) is 3.66. The fourth-order valence-corrected chi connectivity index (χ4v) is 1.49. The van der Waals surface area contributed by atoms with E-state index in [9.17, 15) is 4.39 Å². The summed E-state index contributed by atoms with van der Waals surface area (Å²) in [5.41, 5.74) is 7.40. The first-order chi connectivity index (χ1) is 7.04. The van der Waals surface area contributed by atoms with E-state index in [0.717, 1.165) is 18.4 Å². The van der Waals surface area contributed by atoms with E-state index in [0.29, 0.717) is 5.69 Å². The molecule has 2 nitrogen and oxygen atoms in total. The van der Waals surface area contributed by atoms with Crippen molar-refractivity contribution in [3.8, 4) is 0 Å². The predicted octanol–water partition coefficient (Wildman–Crippen LogP) is 2.17. The predicted molar refractivity (Wildman–Crippen MR) is 62.7 cm³/mol. The molecule has 0 heterocycles. The van der Waals surface area contributed by atoms with Crippen LogP contribution in [0.3, 0.4) is 0 Å². The molecule has 0 spiro atoms. The van der Waals surface area contributed by atoms with Crippen LogP contribution in [-0.2, 0) is 6.42 Å². The standard InChI is InChI=1S/C12H19FN2/c1-4-10(14)7-9-5-6-12(15(2)3)11(13)8-9/h5-6,8,10H,4,7,14H2,1-3H3. The highest BCUT2D eigenvalue weighted by Gasteiger charge is 2.07. The lowest BCUT2D eigenvalue weighted by molar-refractivity contribution is 0.613. The SMILES string of the molecule is CCC(N)Cc1ccc(N(C)C)c(F)c1. The summed E-state index contributed by atoms with van der Waals surface area (Å²) >= 11 is 0. The Hall–Kier alpha value is -1.09. The maximum absolute atomic E-state index is 13.6. The molecule has 0 aliphatic carbocycles. The van der Waals surface area contributed by atoms with Gasteiger partial charge in [-0.2, -0.15) is 0 Å². The van der Waals surface area contributed by atoms with Crippen LogP contribution in [0.5, 0.6) is 0 Å². The van der Waals surface area contributed by atoms with Crippen LogP contribution < -0.4 is 10.6 Å². The first kappa shape index (κ1) is 12.0. The topological polar surface area (TPSA) is 29.3 Å². The number of benzene rings is 1. The van der Waals surface area contributed by atoms with Gasteiger partial charge in [-0.3, -0.25) is 0 Å². The van der Waals surface area contributed by atoms with Crippen molar-refractivity contribution in [2.75, 3.05) is 19.0 Å². The van der Waals surface area contributed by atoms with Crippen molar-refractivity contribution in [2.45, 2.75) is 25.8 Å². The number of hydrogen-bond donors (Lipinski definition) is 1. The Morgan fingerprint density at radius 1 is 1.40 bits per heavy atom. The second-order valence-electron chi connectivity index (χ2n) is 4.05. The molecule has 84 valence electrons. The molecule has 0 aromatic heterocycles. The summed E-state index contributed by atoms with van der Waals surface area (Å²) in [6.07, 6.45) is 1.65. The van der Waals surface area contributed by atoms with Crippen molar-refractivity contribution in [3.05, 3.63) is 29.6 Å². The number of nitrogens with zero attached hydrogens (tertiary/aromatic N) is 1. The number of nitrogens with two attached hydrogens (primary N) is 1. The van der Waals surface area contributed by atoms with Gasteiger partial charge in [-0.25, -0.2) is 4.39 Å². The normalized spacial score (nSPS) is 12.6. The molecule has 0 aliphatic rings. The zero-order valence-electron chi connectivity index (χ0n) is 9.63. The molecular weight excluding hydrogens is 191 g/mol. The second-order valence-corrected chi connectivity index (χ2v) is 4.05. The van der Waals surface area contributed by atoms with E-state index in [2.05, 4.69) is 0 Å². The minimum atomic E-state index is -0.180. The van der Waals surface area contributed by atoms with E-state index in [1.54, 1.807) is 17.0 Å². The maximum atomic E-state index is 13.6. The fraction of sp³-hybridized carbons (Fsp3) is 0.500. The lowest BCUT2D eigenvalue weighted by Crippen LogP contribution is -2.21. The molecule has 3 heteroatoms. The summed E-state index contributed by atoms with van der Waals surface area (Å²) in [4.78, 5) is 1.76. The summed E-state index contributed by atoms with van der Waals surface area (Å²) in [5.74, 6) is -0.180. The molecule has 1 aromatic carbocycles. The molecule has 1 aromatic rings. The van der Waals surface area contributed by atoms with Crippen molar-refractivity contribution in [1.82, 2.24) is 0 Å². The third-order valence-electron chi connectivity index (χ3n) is 2.52. The molecule has 0 saturated heterocycles. The zero-order chi connectivity index (χ0) is 11.4. The van der Waals surface area contributed by atoms with Gasteiger partial charge in [0.2, 0.25) is 0 Å². The van der Waals surface area contributed by atoms with E-state index in [1.165, 1.54) is 0 Å². The largest absolute Gasteiger partial charge is 0.375 e. The van der Waals surface area contributed by atoms with Crippen LogP contribution in [0, 0.1) is 5.82 Å². The van der Waals surface area contributed by atoms with E-state index < -0.39 is 0 Å². The molecule has 2 N–H and O–H groups in total. The molecule has 15 heavy (non-hydrogen) atoms. The van der Waals surface area contributed by atoms with Gasteiger partial charge < -0.3 is 10.6 Å². The monoisotopic (exact) mass is 210 g/mol. The maximum Gasteiger partial charge on any atom is 0.146 e. The Morgan fingerprint density at radius 3 is 2.53 bits per heavy atom. The van der Waals surface area contributed by atoms with Crippen LogP contribution in [-0.4, -0.2) is 20.1 Å². The average molecular weight is 210 g/mol. The van der Waals surface area contributed by atoms with Crippen LogP contribution in [0.4, 0.5) is 10.1 Å². The molecular formula is C12H19FN2. The highest BCUT2D eigenvalue weighted by atomic mass is 19.1. The summed E-state index contributed by atoms with van der Waals surface area (Å²) in [6, 6.07) is 5.43. The molecule has 0 radical (unpaired) electrons. The van der Waals surface area contributed by atoms with Gasteiger partial charge in [0.15, 0.2) is 0 Å². The Bertz CT molecular complexity index is 323. The molecule has 0 amide bonds. The van der Waals surface area contributed by atoms with Gasteiger partial charge in [0.05, 0.1) is 5.69 Å². The highest BCUT2D eigenvalue weighted by molar-refractivity contribution is 5.47. The van der Waals surface area contributed by atoms with Crippen molar-refractivity contribution >= 4 is 5.69 Å². The minimum Gasteiger partial charge on any atom is -0.375 e. The van der Waals surface area contributed by atoms with Crippen LogP contribution in [0.2, 0.25) is 0 Å². The Labute approximate surface area is 90.9 Å². The van der Waals surface area contributed by atoms with E-state index in [1.807, 2.05) is 27.1 Å². The van der Waals surface area contributed by atoms with E-state index in [-0.39, 0.29) is 11.9 Å². The number of rotatable bonds is 4. The van der Waals surface area contributed by atoms with Gasteiger partial charge >= 0.3 is 0 Å². The van der Waals surface area contributed by atoms with Crippen LogP contribution in [0.25, 0.3) is 0 Å². The first-order valence-electron chi connectivity index (χ1n) is 5.26. The molecule has 1 atom stereocenters. The van der Waals surface area contributed by atoms with Crippen molar-refractivity contribution in [1.29, 1.82) is 0 Å². The molecule has 1 unspecified atom stereocenters. The average Bonchev–Trinajstić information content (AvgIpc) is 2.17. The van der Waals surface area contributed by atoms with Crippen LogP contribution in [0.1, 0.15) is 18.9 Å². The lowest BCUT2D eigenvalue weighted by atomic mass is 10.0. The Morgan fingerprint density at radius 2 is 2.07 bits per heavy atom. The van der Waals surface area contributed by atoms with Gasteiger partial charge in [-0.1, -0.05) is 13.0 Å². The highest BCUT2D eigenvalue weighted by Crippen LogP contribution is 2.19. The zero-order valence-corrected chi connectivity index (χ0v) is 9.63. The van der Waals surface area contributed by atoms with E-state index >= 15 is 0 Å². The van der Waals surface area contributed by atoms with Crippen molar-refractivity contribution in [2.24, 2.45) is 5.73 Å². The summed E-state index contributed by atoms with van der Waals surface area (Å²) in [5, 5.41) is 0. The van der Waals surface area contributed by atoms with Gasteiger partial charge in [0, 0.05) is 20.1 Å². The summed E-state index contributed by atoms with van der Waals surface area (Å²) < 4.78 is 13.6. The number of halogens is 1. The van der Waals surface area contributed by atoms with Crippen molar-refractivity contribution in [3.63, 3.8) is 0 Å². The fourth-order valence-electron chi connectivity index (χ4n) is 1.49. The van der Waals surface area contributed by atoms with Crippen LogP contribution in [0.15, 0.2) is 18.2 Å². The lowest BCUT2D eigenvalue weighted by Gasteiger charge is -2.15. The second kappa shape index (κ2) is 5.12. The van der Waals surface area contributed by atoms with Gasteiger partial charge in [0.1, 0.15) is 5.82 Å². The minimum absolute atomic E-state index is 0.120. The number of hydrogen-bond acceptors (Lipinski definition) is 2. The van der Waals surface area contributed by atoms with Crippen molar-refractivity contribution < 1.29 is 4.39 Å². The quantitative estimate of drug-likeness (QED) is 0.825. The molecule has 0 aliphatic heterocycles.